The number of aryl methyl sites for hydroxylation is 3. The molecule has 2 heterocycles. The molecule has 2 aliphatic rings. The number of carbonyl (C=O) groups excluding carboxylic acids is 1. The van der Waals surface area contributed by atoms with Gasteiger partial charge in [0, 0.05) is 13.0 Å². The number of urea groups is 1. The Morgan fingerprint density at radius 1 is 1.33 bits per heavy atom. The van der Waals surface area contributed by atoms with Gasteiger partial charge in [0.05, 0.1) is 21.6 Å². The number of carbonyl (C=O) groups is 1. The molecule has 0 unspecified atom stereocenters. The lowest BCUT2D eigenvalue weighted by molar-refractivity contribution is 0.198. The van der Waals surface area contributed by atoms with Crippen molar-refractivity contribution in [1.29, 1.82) is 0 Å². The lowest BCUT2D eigenvalue weighted by Crippen LogP contribution is -2.36. The second kappa shape index (κ2) is 5.88. The fraction of sp³-hybridized carbons (Fsp3) is 0.588. The highest BCUT2D eigenvalue weighted by atomic mass is 32.1. The maximum Gasteiger partial charge on any atom is 0.322 e. The molecule has 2 aromatic rings. The lowest BCUT2D eigenvalue weighted by atomic mass is 9.97. The number of rotatable bonds is 3. The Kier molecular flexibility index (Phi) is 3.83. The van der Waals surface area contributed by atoms with Crippen molar-refractivity contribution in [3.63, 3.8) is 0 Å². The third-order valence-corrected chi connectivity index (χ3v) is 6.00. The van der Waals surface area contributed by atoms with Crippen LogP contribution in [0.4, 0.5) is 10.5 Å². The monoisotopic (exact) mass is 346 g/mol. The molecule has 0 saturated heterocycles. The van der Waals surface area contributed by atoms with E-state index in [-0.39, 0.29) is 12.1 Å². The van der Waals surface area contributed by atoms with E-state index >= 15 is 0 Å². The minimum atomic E-state index is -0.105. The van der Waals surface area contributed by atoms with Gasteiger partial charge in [-0.05, 0) is 46.0 Å². The van der Waals surface area contributed by atoms with Crippen molar-refractivity contribution in [2.45, 2.75) is 57.9 Å². The summed E-state index contributed by atoms with van der Waals surface area (Å²) in [4.78, 5) is 20.5. The smallest absolute Gasteiger partial charge is 0.322 e. The molecule has 2 aliphatic carbocycles. The Bertz CT molecular complexity index is 778. The van der Waals surface area contributed by atoms with Gasteiger partial charge in [-0.25, -0.2) is 9.78 Å². The summed E-state index contributed by atoms with van der Waals surface area (Å²) in [6.45, 7) is 3.90. The molecule has 24 heavy (non-hydrogen) atoms. The van der Waals surface area contributed by atoms with Crippen LogP contribution in [-0.4, -0.2) is 28.1 Å². The first-order valence-corrected chi connectivity index (χ1v) is 9.32. The zero-order valence-corrected chi connectivity index (χ0v) is 15.1. The Hall–Kier alpha value is -1.89. The molecule has 0 spiro atoms. The second-order valence-corrected chi connectivity index (χ2v) is 8.01. The molecular formula is C17H22N4O2S. The highest BCUT2D eigenvalue weighted by Gasteiger charge is 2.34. The number of fused-ring (bicyclic) bond motifs is 1. The zero-order chi connectivity index (χ0) is 16.8. The Morgan fingerprint density at radius 3 is 2.88 bits per heavy atom. The van der Waals surface area contributed by atoms with E-state index in [4.69, 9.17) is 4.52 Å². The molecule has 4 rings (SSSR count). The molecule has 1 saturated carbocycles. The van der Waals surface area contributed by atoms with Gasteiger partial charge in [-0.1, -0.05) is 5.16 Å². The summed E-state index contributed by atoms with van der Waals surface area (Å²) in [5.74, 6) is 1.24. The third kappa shape index (κ3) is 2.70. The highest BCUT2D eigenvalue weighted by molar-refractivity contribution is 7.11. The summed E-state index contributed by atoms with van der Waals surface area (Å²) in [5, 5.41) is 8.13. The number of anilines is 1. The molecule has 0 aliphatic heterocycles. The number of thiazole rings is 1. The van der Waals surface area contributed by atoms with Crippen LogP contribution >= 0.6 is 11.3 Å². The molecule has 2 amide bonds. The maximum absolute atomic E-state index is 12.8. The van der Waals surface area contributed by atoms with Crippen molar-refractivity contribution in [2.75, 3.05) is 12.4 Å². The number of hydrogen-bond acceptors (Lipinski definition) is 5. The van der Waals surface area contributed by atoms with Crippen LogP contribution in [0.25, 0.3) is 0 Å². The molecular weight excluding hydrogens is 324 g/mol. The number of amides is 2. The topological polar surface area (TPSA) is 71.3 Å². The van der Waals surface area contributed by atoms with E-state index in [2.05, 4.69) is 15.5 Å². The van der Waals surface area contributed by atoms with Crippen molar-refractivity contribution in [2.24, 2.45) is 0 Å². The summed E-state index contributed by atoms with van der Waals surface area (Å²) in [6, 6.07) is -0.00315. The average molecular weight is 346 g/mol. The fourth-order valence-corrected chi connectivity index (χ4v) is 4.54. The van der Waals surface area contributed by atoms with Gasteiger partial charge in [-0.2, -0.15) is 0 Å². The minimum Gasteiger partial charge on any atom is -0.359 e. The van der Waals surface area contributed by atoms with Gasteiger partial charge in [-0.15, -0.1) is 11.3 Å². The van der Waals surface area contributed by atoms with Crippen LogP contribution in [-0.2, 0) is 6.42 Å². The van der Waals surface area contributed by atoms with Crippen molar-refractivity contribution in [3.05, 3.63) is 27.0 Å². The Balaban J connectivity index is 1.54. The Morgan fingerprint density at radius 2 is 2.12 bits per heavy atom. The van der Waals surface area contributed by atoms with Gasteiger partial charge in [0.25, 0.3) is 0 Å². The number of aromatic nitrogens is 2. The first-order chi connectivity index (χ1) is 11.5. The van der Waals surface area contributed by atoms with Gasteiger partial charge >= 0.3 is 6.03 Å². The van der Waals surface area contributed by atoms with Crippen molar-refractivity contribution >= 4 is 23.1 Å². The van der Waals surface area contributed by atoms with Crippen molar-refractivity contribution in [1.82, 2.24) is 15.0 Å². The molecule has 1 N–H and O–H groups in total. The van der Waals surface area contributed by atoms with E-state index < -0.39 is 0 Å². The van der Waals surface area contributed by atoms with E-state index in [9.17, 15) is 4.79 Å². The average Bonchev–Trinajstić information content (AvgIpc) is 3.23. The van der Waals surface area contributed by atoms with E-state index in [0.717, 1.165) is 59.9 Å². The number of nitrogens with one attached hydrogen (secondary N) is 1. The molecule has 1 fully saturated rings. The molecule has 128 valence electrons. The molecule has 0 radical (unpaired) electrons. The molecule has 0 aromatic carbocycles. The van der Waals surface area contributed by atoms with Crippen LogP contribution in [0.3, 0.4) is 0 Å². The normalized spacial score (nSPS) is 19.9. The maximum atomic E-state index is 12.8. The van der Waals surface area contributed by atoms with Gasteiger partial charge in [0.15, 0.2) is 5.76 Å². The van der Waals surface area contributed by atoms with Crippen molar-refractivity contribution in [3.8, 4) is 0 Å². The molecule has 1 atom stereocenters. The molecule has 6 nitrogen and oxygen atoms in total. The SMILES string of the molecule is Cc1nc2c(s1)[C@@H](N(C)C(=O)Nc1c(C)noc1C1CC1)CCC2. The second-order valence-electron chi connectivity index (χ2n) is 6.77. The van der Waals surface area contributed by atoms with Crippen LogP contribution in [0.5, 0.6) is 0 Å². The fourth-order valence-electron chi connectivity index (χ4n) is 3.39. The summed E-state index contributed by atoms with van der Waals surface area (Å²) < 4.78 is 5.41. The van der Waals surface area contributed by atoms with Gasteiger partial charge in [0.1, 0.15) is 11.4 Å². The van der Waals surface area contributed by atoms with Crippen LogP contribution in [0.2, 0.25) is 0 Å². The third-order valence-electron chi connectivity index (χ3n) is 4.89. The van der Waals surface area contributed by atoms with Crippen LogP contribution in [0.1, 0.15) is 64.7 Å². The van der Waals surface area contributed by atoms with Crippen LogP contribution < -0.4 is 5.32 Å². The quantitative estimate of drug-likeness (QED) is 0.905. The van der Waals surface area contributed by atoms with E-state index in [1.54, 1.807) is 16.2 Å². The first kappa shape index (κ1) is 15.6. The minimum absolute atomic E-state index is 0.101. The standard InChI is InChI=1S/C17H22N4O2S/c1-9-14(15(23-20-9)11-7-8-11)19-17(22)21(3)13-6-4-5-12-16(13)24-10(2)18-12/h11,13H,4-8H2,1-3H3,(H,19,22)/t13-/m0/s1. The summed E-state index contributed by atoms with van der Waals surface area (Å²) in [5.41, 5.74) is 2.66. The molecule has 7 heteroatoms. The summed E-state index contributed by atoms with van der Waals surface area (Å²) in [6.07, 6.45) is 5.29. The predicted molar refractivity (Wildman–Crippen MR) is 92.5 cm³/mol. The van der Waals surface area contributed by atoms with E-state index in [0.29, 0.717) is 5.92 Å². The zero-order valence-electron chi connectivity index (χ0n) is 14.3. The first-order valence-electron chi connectivity index (χ1n) is 8.50. The summed E-state index contributed by atoms with van der Waals surface area (Å²) in [7, 11) is 1.86. The lowest BCUT2D eigenvalue weighted by Gasteiger charge is -2.30. The number of nitrogens with zero attached hydrogens (tertiary/aromatic N) is 3. The van der Waals surface area contributed by atoms with Gasteiger partial charge in [0.2, 0.25) is 0 Å². The molecule has 0 bridgehead atoms. The van der Waals surface area contributed by atoms with E-state index in [1.807, 2.05) is 20.9 Å². The van der Waals surface area contributed by atoms with Gasteiger partial charge < -0.3 is 14.7 Å². The summed E-state index contributed by atoms with van der Waals surface area (Å²) >= 11 is 1.71. The predicted octanol–water partition coefficient (Wildman–Crippen LogP) is 4.17. The Labute approximate surface area is 145 Å². The largest absolute Gasteiger partial charge is 0.359 e. The number of hydrogen-bond donors (Lipinski definition) is 1. The van der Waals surface area contributed by atoms with Gasteiger partial charge in [-0.3, -0.25) is 0 Å². The van der Waals surface area contributed by atoms with Crippen LogP contribution in [0.15, 0.2) is 4.52 Å². The van der Waals surface area contributed by atoms with Crippen molar-refractivity contribution < 1.29 is 9.32 Å². The molecule has 2 aromatic heterocycles. The highest BCUT2D eigenvalue weighted by Crippen LogP contribution is 2.44. The van der Waals surface area contributed by atoms with E-state index in [1.165, 1.54) is 4.88 Å². The van der Waals surface area contributed by atoms with Crippen LogP contribution in [0, 0.1) is 13.8 Å².